The average Bonchev–Trinajstić information content (AvgIpc) is 3.43. The van der Waals surface area contributed by atoms with Gasteiger partial charge in [0, 0.05) is 27.6 Å². The molecule has 0 fully saturated rings. The summed E-state index contributed by atoms with van der Waals surface area (Å²) in [6.45, 7) is 0. The normalized spacial score (nSPS) is 14.7. The van der Waals surface area contributed by atoms with Crippen LogP contribution in [0.15, 0.2) is 168 Å². The predicted octanol–water partition coefficient (Wildman–Crippen LogP) is 8.95. The first-order valence-electron chi connectivity index (χ1n) is 14.5. The zero-order valence-corrected chi connectivity index (χ0v) is 23.4. The molecular weight excluding hydrogens is 524 g/mol. The van der Waals surface area contributed by atoms with E-state index in [1.54, 1.807) is 0 Å². The van der Waals surface area contributed by atoms with E-state index in [0.29, 0.717) is 0 Å². The number of nitrogens with zero attached hydrogens (tertiary/aromatic N) is 3. The van der Waals surface area contributed by atoms with Gasteiger partial charge < -0.3 is 9.88 Å². The van der Waals surface area contributed by atoms with E-state index in [2.05, 4.69) is 131 Å². The van der Waals surface area contributed by atoms with Crippen molar-refractivity contribution in [3.63, 3.8) is 0 Å². The van der Waals surface area contributed by atoms with E-state index in [-0.39, 0.29) is 6.17 Å². The van der Waals surface area contributed by atoms with Gasteiger partial charge in [0.15, 0.2) is 6.17 Å². The Bertz CT molecular complexity index is 2140. The van der Waals surface area contributed by atoms with Crippen LogP contribution in [-0.4, -0.2) is 16.2 Å². The van der Waals surface area contributed by atoms with Crippen LogP contribution in [-0.2, 0) is 0 Å². The Morgan fingerprint density at radius 3 is 1.81 bits per heavy atom. The molecule has 1 aliphatic heterocycles. The monoisotopic (exact) mass is 552 g/mol. The number of hydrogen-bond donors (Lipinski definition) is 1. The summed E-state index contributed by atoms with van der Waals surface area (Å²) in [5.41, 5.74) is 8.96. The Balaban J connectivity index is 1.26. The Labute approximate surface area is 250 Å². The van der Waals surface area contributed by atoms with Gasteiger partial charge in [-0.25, -0.2) is 9.98 Å². The van der Waals surface area contributed by atoms with Crippen molar-refractivity contribution < 1.29 is 0 Å². The second-order valence-corrected chi connectivity index (χ2v) is 10.7. The molecule has 43 heavy (non-hydrogen) atoms. The lowest BCUT2D eigenvalue weighted by molar-refractivity contribution is 0.756. The lowest BCUT2D eigenvalue weighted by atomic mass is 10.0. The third kappa shape index (κ3) is 4.59. The van der Waals surface area contributed by atoms with Crippen LogP contribution in [0, 0.1) is 0 Å². The van der Waals surface area contributed by atoms with Crippen molar-refractivity contribution >= 4 is 33.5 Å². The number of hydrogen-bond acceptors (Lipinski definition) is 3. The Kier molecular flexibility index (Phi) is 6.16. The van der Waals surface area contributed by atoms with E-state index < -0.39 is 0 Å². The molecule has 0 saturated carbocycles. The van der Waals surface area contributed by atoms with E-state index in [9.17, 15) is 0 Å². The molecule has 0 spiro atoms. The molecule has 1 aromatic heterocycles. The van der Waals surface area contributed by atoms with Crippen LogP contribution in [0.4, 0.5) is 0 Å². The van der Waals surface area contributed by atoms with Crippen molar-refractivity contribution in [3.05, 3.63) is 174 Å². The molecule has 1 N–H and O–H groups in total. The maximum Gasteiger partial charge on any atom is 0.169 e. The van der Waals surface area contributed by atoms with Gasteiger partial charge in [0.2, 0.25) is 0 Å². The number of benzene rings is 6. The van der Waals surface area contributed by atoms with Crippen LogP contribution in [0.3, 0.4) is 0 Å². The molecule has 4 nitrogen and oxygen atoms in total. The molecule has 2 heterocycles. The minimum atomic E-state index is -0.332. The standard InChI is InChI=1S/C39H28N4/c1-4-13-27(14-5-1)30-23-24-36-34(26-30)33-21-10-11-22-35(33)43(36)32-20-12-19-31(25-32)39-41-37(28-15-6-2-7-16-28)40-38(42-39)29-17-8-3-9-18-29/h1-26,37H,(H,40,41,42). The van der Waals surface area contributed by atoms with Gasteiger partial charge >= 0.3 is 0 Å². The van der Waals surface area contributed by atoms with Gasteiger partial charge in [-0.15, -0.1) is 0 Å². The maximum absolute atomic E-state index is 5.10. The number of fused-ring (bicyclic) bond motifs is 3. The van der Waals surface area contributed by atoms with Crippen molar-refractivity contribution in [1.29, 1.82) is 0 Å². The number of nitrogens with one attached hydrogen (secondary N) is 1. The molecule has 0 radical (unpaired) electrons. The first-order valence-corrected chi connectivity index (χ1v) is 14.5. The zero-order chi connectivity index (χ0) is 28.6. The molecule has 0 aliphatic carbocycles. The highest BCUT2D eigenvalue weighted by molar-refractivity contribution is 6.16. The summed E-state index contributed by atoms with van der Waals surface area (Å²) >= 11 is 0. The molecule has 4 heteroatoms. The minimum absolute atomic E-state index is 0.332. The summed E-state index contributed by atoms with van der Waals surface area (Å²) in [4.78, 5) is 10.1. The minimum Gasteiger partial charge on any atom is -0.324 e. The van der Waals surface area contributed by atoms with Crippen molar-refractivity contribution in [2.75, 3.05) is 0 Å². The van der Waals surface area contributed by atoms with E-state index in [4.69, 9.17) is 9.98 Å². The second kappa shape index (κ2) is 10.6. The Morgan fingerprint density at radius 2 is 1.05 bits per heavy atom. The molecule has 0 bridgehead atoms. The summed E-state index contributed by atoms with van der Waals surface area (Å²) in [6, 6.07) is 55.1. The predicted molar refractivity (Wildman–Crippen MR) is 178 cm³/mol. The van der Waals surface area contributed by atoms with Crippen LogP contribution in [0.1, 0.15) is 22.9 Å². The molecule has 1 unspecified atom stereocenters. The van der Waals surface area contributed by atoms with Crippen LogP contribution in [0.25, 0.3) is 38.6 Å². The summed E-state index contributed by atoms with van der Waals surface area (Å²) < 4.78 is 2.35. The SMILES string of the molecule is c1ccc(C2=NC(c3ccccc3)N=C(c3cccc(-n4c5ccccc5c5cc(-c6ccccc6)ccc54)c3)N2)cc1. The highest BCUT2D eigenvalue weighted by atomic mass is 15.2. The third-order valence-electron chi connectivity index (χ3n) is 8.04. The van der Waals surface area contributed by atoms with Crippen molar-refractivity contribution in [2.45, 2.75) is 6.17 Å². The molecule has 1 atom stereocenters. The quantitative estimate of drug-likeness (QED) is 0.228. The summed E-state index contributed by atoms with van der Waals surface area (Å²) in [5, 5.41) is 6.02. The molecule has 0 saturated heterocycles. The van der Waals surface area contributed by atoms with E-state index in [1.807, 2.05) is 36.4 Å². The number of rotatable bonds is 5. The van der Waals surface area contributed by atoms with Crippen LogP contribution >= 0.6 is 0 Å². The third-order valence-corrected chi connectivity index (χ3v) is 8.04. The maximum atomic E-state index is 5.10. The number of aromatic nitrogens is 1. The Morgan fingerprint density at radius 1 is 0.442 bits per heavy atom. The van der Waals surface area contributed by atoms with Gasteiger partial charge in [-0.1, -0.05) is 127 Å². The summed E-state index contributed by atoms with van der Waals surface area (Å²) in [7, 11) is 0. The molecule has 204 valence electrons. The van der Waals surface area contributed by atoms with Gasteiger partial charge in [-0.05, 0) is 47.0 Å². The van der Waals surface area contributed by atoms with Crippen LogP contribution in [0.2, 0.25) is 0 Å². The van der Waals surface area contributed by atoms with Crippen LogP contribution in [0.5, 0.6) is 0 Å². The van der Waals surface area contributed by atoms with Gasteiger partial charge in [0.1, 0.15) is 11.7 Å². The average molecular weight is 553 g/mol. The summed E-state index contributed by atoms with van der Waals surface area (Å²) in [5.74, 6) is 1.62. The number of aliphatic imine (C=N–C) groups is 2. The Hall–Kier alpha value is -5.74. The largest absolute Gasteiger partial charge is 0.324 e. The van der Waals surface area contributed by atoms with Crippen molar-refractivity contribution in [3.8, 4) is 16.8 Å². The molecule has 1 aliphatic rings. The van der Waals surface area contributed by atoms with Crippen molar-refractivity contribution in [2.24, 2.45) is 9.98 Å². The van der Waals surface area contributed by atoms with Gasteiger partial charge in [-0.2, -0.15) is 0 Å². The van der Waals surface area contributed by atoms with E-state index in [1.165, 1.54) is 32.9 Å². The van der Waals surface area contributed by atoms with Gasteiger partial charge in [-0.3, -0.25) is 0 Å². The molecular formula is C39H28N4. The molecule has 8 rings (SSSR count). The van der Waals surface area contributed by atoms with Gasteiger partial charge in [0.05, 0.1) is 11.0 Å². The smallest absolute Gasteiger partial charge is 0.169 e. The fourth-order valence-corrected chi connectivity index (χ4v) is 5.97. The second-order valence-electron chi connectivity index (χ2n) is 10.7. The number of para-hydroxylation sites is 1. The fourth-order valence-electron chi connectivity index (χ4n) is 5.97. The highest BCUT2D eigenvalue weighted by Crippen LogP contribution is 2.35. The topological polar surface area (TPSA) is 41.7 Å². The summed E-state index contributed by atoms with van der Waals surface area (Å²) in [6.07, 6.45) is -0.332. The number of amidine groups is 2. The lowest BCUT2D eigenvalue weighted by Gasteiger charge is -2.22. The first kappa shape index (κ1) is 25.0. The molecule has 6 aromatic carbocycles. The first-order chi connectivity index (χ1) is 21.3. The zero-order valence-electron chi connectivity index (χ0n) is 23.4. The molecule has 0 amide bonds. The highest BCUT2D eigenvalue weighted by Gasteiger charge is 2.21. The lowest BCUT2D eigenvalue weighted by Crippen LogP contribution is -2.36. The van der Waals surface area contributed by atoms with Crippen molar-refractivity contribution in [1.82, 2.24) is 9.88 Å². The van der Waals surface area contributed by atoms with E-state index >= 15 is 0 Å². The fraction of sp³-hybridized carbons (Fsp3) is 0.0256. The molecule has 7 aromatic rings. The van der Waals surface area contributed by atoms with Crippen LogP contribution < -0.4 is 5.32 Å². The van der Waals surface area contributed by atoms with Gasteiger partial charge in [0.25, 0.3) is 0 Å². The van der Waals surface area contributed by atoms with E-state index in [0.717, 1.165) is 34.0 Å².